The maximum atomic E-state index is 14.3. The Kier molecular flexibility index (Phi) is 9.66. The minimum absolute atomic E-state index is 0.147. The van der Waals surface area contributed by atoms with Gasteiger partial charge in [-0.1, -0.05) is 55.6 Å². The molecule has 0 amide bonds. The molecule has 0 saturated carbocycles. The van der Waals surface area contributed by atoms with E-state index in [2.05, 4.69) is 25.7 Å². The number of hydrogen-bond acceptors (Lipinski definition) is 6. The molecule has 4 aromatic rings. The maximum absolute atomic E-state index is 14.3. The van der Waals surface area contributed by atoms with Crippen molar-refractivity contribution in [3.05, 3.63) is 88.9 Å². The summed E-state index contributed by atoms with van der Waals surface area (Å²) < 4.78 is 54.9. The van der Waals surface area contributed by atoms with Crippen molar-refractivity contribution in [2.24, 2.45) is 4.40 Å². The van der Waals surface area contributed by atoms with Crippen LogP contribution in [0.1, 0.15) is 63.6 Å². The second kappa shape index (κ2) is 13.0. The van der Waals surface area contributed by atoms with E-state index in [0.717, 1.165) is 17.2 Å². The van der Waals surface area contributed by atoms with Crippen LogP contribution in [0.15, 0.2) is 70.8 Å². The zero-order valence-electron chi connectivity index (χ0n) is 29.3. The van der Waals surface area contributed by atoms with Gasteiger partial charge in [-0.05, 0) is 83.8 Å². The average Bonchev–Trinajstić information content (AvgIpc) is 3.60. The fourth-order valence-electron chi connectivity index (χ4n) is 5.74. The summed E-state index contributed by atoms with van der Waals surface area (Å²) in [5.74, 6) is 0.425. The summed E-state index contributed by atoms with van der Waals surface area (Å²) >= 11 is 0. The molecule has 5 rings (SSSR count). The minimum atomic E-state index is -3.90. The van der Waals surface area contributed by atoms with E-state index in [-0.39, 0.29) is 6.73 Å². The fraction of sp³-hybridized carbons (Fsp3) is 0.417. The quantitative estimate of drug-likeness (QED) is 0.0952. The van der Waals surface area contributed by atoms with Crippen LogP contribution in [0, 0.1) is 18.3 Å². The SMILES string of the molecule is CC1=CC(C)(S(=O)(=O)n2ccc3c(C(=NS(=O)C(C)(C)C)c4nc5ccc(C#N)cc5n4COCC[Si](C)(C)C)ccc(C)c32)CC=C1. The highest BCUT2D eigenvalue weighted by atomic mass is 32.2. The number of ether oxygens (including phenoxy) is 1. The topological polar surface area (TPSA) is 119 Å². The van der Waals surface area contributed by atoms with Gasteiger partial charge in [0.2, 0.25) is 10.0 Å². The van der Waals surface area contributed by atoms with Gasteiger partial charge in [-0.3, -0.25) is 4.57 Å². The van der Waals surface area contributed by atoms with Gasteiger partial charge < -0.3 is 4.74 Å². The van der Waals surface area contributed by atoms with E-state index in [1.165, 1.54) is 3.97 Å². The van der Waals surface area contributed by atoms with Crippen molar-refractivity contribution in [2.45, 2.75) is 89.9 Å². The number of aromatic nitrogens is 3. The largest absolute Gasteiger partial charge is 0.361 e. The Morgan fingerprint density at radius 3 is 2.54 bits per heavy atom. The molecule has 0 bridgehead atoms. The monoisotopic (exact) mass is 703 g/mol. The molecule has 48 heavy (non-hydrogen) atoms. The van der Waals surface area contributed by atoms with Gasteiger partial charge in [-0.25, -0.2) is 21.6 Å². The lowest BCUT2D eigenvalue weighted by Gasteiger charge is -2.28. The van der Waals surface area contributed by atoms with E-state index >= 15 is 0 Å². The molecule has 1 aliphatic rings. The van der Waals surface area contributed by atoms with E-state index in [0.29, 0.717) is 57.6 Å². The molecule has 2 aromatic carbocycles. The van der Waals surface area contributed by atoms with E-state index in [1.54, 1.807) is 37.4 Å². The second-order valence-electron chi connectivity index (χ2n) is 14.9. The van der Waals surface area contributed by atoms with Gasteiger partial charge in [0, 0.05) is 31.8 Å². The number of imidazole rings is 1. The second-order valence-corrected chi connectivity index (χ2v) is 24.7. The molecule has 0 aliphatic heterocycles. The lowest BCUT2D eigenvalue weighted by molar-refractivity contribution is 0.0895. The fourth-order valence-corrected chi connectivity index (χ4v) is 8.91. The third-order valence-corrected chi connectivity index (χ3v) is 13.9. The zero-order chi connectivity index (χ0) is 35.2. The zero-order valence-corrected chi connectivity index (χ0v) is 31.9. The first-order chi connectivity index (χ1) is 22.4. The predicted octanol–water partition coefficient (Wildman–Crippen LogP) is 7.63. The van der Waals surface area contributed by atoms with E-state index in [4.69, 9.17) is 14.1 Å². The van der Waals surface area contributed by atoms with Gasteiger partial charge in [0.15, 0.2) is 5.82 Å². The number of nitrogens with zero attached hydrogens (tertiary/aromatic N) is 5. The molecule has 0 fully saturated rings. The molecule has 0 spiro atoms. The minimum Gasteiger partial charge on any atom is -0.361 e. The van der Waals surface area contributed by atoms with Crippen LogP contribution in [0.4, 0.5) is 0 Å². The molecule has 2 unspecified atom stereocenters. The molecule has 0 N–H and O–H groups in total. The number of aryl methyl sites for hydroxylation is 1. The molecular weight excluding hydrogens is 659 g/mol. The molecule has 0 saturated heterocycles. The van der Waals surface area contributed by atoms with Crippen molar-refractivity contribution >= 4 is 56.7 Å². The number of hydrogen-bond donors (Lipinski definition) is 0. The molecule has 2 heterocycles. The third kappa shape index (κ3) is 6.92. The molecular formula is C36H45N5O4S2Si. The van der Waals surface area contributed by atoms with E-state index in [9.17, 15) is 17.9 Å². The number of fused-ring (bicyclic) bond motifs is 2. The normalized spacial score (nSPS) is 18.3. The summed E-state index contributed by atoms with van der Waals surface area (Å²) in [6.07, 6.45) is 7.61. The average molecular weight is 704 g/mol. The smallest absolute Gasteiger partial charge is 0.248 e. The third-order valence-electron chi connectivity index (χ3n) is 8.56. The first-order valence-corrected chi connectivity index (χ1v) is 22.3. The van der Waals surface area contributed by atoms with Gasteiger partial charge >= 0.3 is 0 Å². The molecule has 12 heteroatoms. The van der Waals surface area contributed by atoms with Crippen LogP contribution >= 0.6 is 0 Å². The van der Waals surface area contributed by atoms with Gasteiger partial charge in [-0.2, -0.15) is 9.66 Å². The van der Waals surface area contributed by atoms with E-state index in [1.807, 2.05) is 69.5 Å². The van der Waals surface area contributed by atoms with Crippen molar-refractivity contribution in [1.82, 2.24) is 13.5 Å². The van der Waals surface area contributed by atoms with Gasteiger partial charge in [-0.15, -0.1) is 0 Å². The highest BCUT2D eigenvalue weighted by Crippen LogP contribution is 2.36. The van der Waals surface area contributed by atoms with Crippen molar-refractivity contribution in [1.29, 1.82) is 5.26 Å². The van der Waals surface area contributed by atoms with Crippen molar-refractivity contribution in [3.63, 3.8) is 0 Å². The Morgan fingerprint density at radius 2 is 1.90 bits per heavy atom. The highest BCUT2D eigenvalue weighted by molar-refractivity contribution is 7.91. The van der Waals surface area contributed by atoms with Crippen LogP contribution in [0.3, 0.4) is 0 Å². The lowest BCUT2D eigenvalue weighted by atomic mass is 9.98. The Balaban J connectivity index is 1.76. The molecule has 0 radical (unpaired) electrons. The van der Waals surface area contributed by atoms with Gasteiger partial charge in [0.25, 0.3) is 0 Å². The molecule has 254 valence electrons. The summed E-state index contributed by atoms with van der Waals surface area (Å²) in [7, 11) is -6.95. The molecule has 1 aliphatic carbocycles. The molecule has 2 atom stereocenters. The Labute approximate surface area is 287 Å². The standard InChI is InChI=1S/C36H45N5O4S2Si/c1-25-11-10-17-36(6,22-25)47(43,44)41-18-16-29-28(14-12-26(2)33(29)41)32(39-46(42)35(3,4)5)34-38-30-15-13-27(23-37)21-31(30)40(34)24-45-19-20-48(7,8)9/h10-16,18,21-22H,17,19-20,24H2,1-9H3. The number of nitriles is 1. The van der Waals surface area contributed by atoms with Crippen LogP contribution in [0.2, 0.25) is 25.7 Å². The summed E-state index contributed by atoms with van der Waals surface area (Å²) in [6, 6.07) is 14.0. The predicted molar refractivity (Wildman–Crippen MR) is 199 cm³/mol. The first-order valence-electron chi connectivity index (χ1n) is 16.1. The first kappa shape index (κ1) is 35.7. The van der Waals surface area contributed by atoms with E-state index < -0.39 is 38.6 Å². The van der Waals surface area contributed by atoms with Crippen molar-refractivity contribution < 1.29 is 17.4 Å². The maximum Gasteiger partial charge on any atom is 0.248 e. The Bertz CT molecular complexity index is 2170. The summed E-state index contributed by atoms with van der Waals surface area (Å²) in [4.78, 5) is 4.98. The Hall–Kier alpha value is -3.63. The summed E-state index contributed by atoms with van der Waals surface area (Å²) in [5.41, 5.74) is 4.96. The Morgan fingerprint density at radius 1 is 1.17 bits per heavy atom. The number of rotatable bonds is 10. The number of allylic oxidation sites excluding steroid dienone is 3. The van der Waals surface area contributed by atoms with Crippen LogP contribution in [0.5, 0.6) is 0 Å². The van der Waals surface area contributed by atoms with Crippen LogP contribution in [-0.4, -0.2) is 56.0 Å². The van der Waals surface area contributed by atoms with Crippen molar-refractivity contribution in [2.75, 3.05) is 6.61 Å². The van der Waals surface area contributed by atoms with Gasteiger partial charge in [0.1, 0.15) is 28.2 Å². The van der Waals surface area contributed by atoms with Gasteiger partial charge in [0.05, 0.1) is 32.9 Å². The number of benzene rings is 2. The molecule has 9 nitrogen and oxygen atoms in total. The van der Waals surface area contributed by atoms with Crippen LogP contribution < -0.4 is 0 Å². The summed E-state index contributed by atoms with van der Waals surface area (Å²) in [5, 5.41) is 10.4. The lowest BCUT2D eigenvalue weighted by Crippen LogP contribution is -2.38. The van der Waals surface area contributed by atoms with Crippen LogP contribution in [-0.2, 0) is 32.5 Å². The summed E-state index contributed by atoms with van der Waals surface area (Å²) in [6.45, 7) is 18.7. The van der Waals surface area contributed by atoms with Crippen molar-refractivity contribution in [3.8, 4) is 6.07 Å². The highest BCUT2D eigenvalue weighted by Gasteiger charge is 2.40. The van der Waals surface area contributed by atoms with Crippen LogP contribution in [0.25, 0.3) is 21.9 Å². The molecule has 2 aromatic heterocycles.